The predicted octanol–water partition coefficient (Wildman–Crippen LogP) is 3.15. The molecule has 0 spiro atoms. The highest BCUT2D eigenvalue weighted by molar-refractivity contribution is 6.76. The van der Waals surface area contributed by atoms with Gasteiger partial charge in [0.15, 0.2) is 0 Å². The van der Waals surface area contributed by atoms with Crippen LogP contribution in [-0.2, 0) is 4.79 Å². The van der Waals surface area contributed by atoms with Crippen LogP contribution in [0.3, 0.4) is 0 Å². The maximum absolute atomic E-state index is 10.4. The van der Waals surface area contributed by atoms with Crippen molar-refractivity contribution in [1.82, 2.24) is 0 Å². The van der Waals surface area contributed by atoms with Crippen molar-refractivity contribution >= 4 is 14.0 Å². The molecule has 0 bridgehead atoms. The van der Waals surface area contributed by atoms with Crippen LogP contribution in [0.25, 0.3) is 0 Å². The van der Waals surface area contributed by atoms with Gasteiger partial charge < -0.3 is 5.73 Å². The molecule has 3 heteroatoms. The largest absolute Gasteiger partial charge is 0.370 e. The van der Waals surface area contributed by atoms with Gasteiger partial charge in [0, 0.05) is 14.5 Å². The lowest BCUT2D eigenvalue weighted by Crippen LogP contribution is -2.18. The van der Waals surface area contributed by atoms with Gasteiger partial charge >= 0.3 is 0 Å². The minimum atomic E-state index is -0.818. The number of hydrogen-bond donors (Lipinski definition) is 1. The molecule has 0 aliphatic carbocycles. The number of carbonyl (C=O) groups excluding carboxylic acids is 1. The Labute approximate surface area is 89.3 Å². The Hall–Kier alpha value is -0.313. The first-order chi connectivity index (χ1) is 6.42. The predicted molar refractivity (Wildman–Crippen MR) is 65.0 cm³/mol. The van der Waals surface area contributed by atoms with Gasteiger partial charge in [-0.2, -0.15) is 0 Å². The van der Waals surface area contributed by atoms with E-state index in [2.05, 4.69) is 19.6 Å². The van der Waals surface area contributed by atoms with E-state index in [9.17, 15) is 4.79 Å². The first-order valence-electron chi connectivity index (χ1n) is 5.70. The average molecular weight is 215 g/mol. The van der Waals surface area contributed by atoms with Crippen molar-refractivity contribution in [3.63, 3.8) is 0 Å². The van der Waals surface area contributed by atoms with Crippen LogP contribution in [0.5, 0.6) is 0 Å². The second-order valence-electron chi connectivity index (χ2n) is 5.29. The third-order valence-corrected chi connectivity index (χ3v) is 4.20. The van der Waals surface area contributed by atoms with Gasteiger partial charge in [0.05, 0.1) is 0 Å². The van der Waals surface area contributed by atoms with Crippen LogP contribution in [0.2, 0.25) is 25.7 Å². The van der Waals surface area contributed by atoms with Gasteiger partial charge in [0.1, 0.15) is 0 Å². The molecule has 2 N–H and O–H groups in total. The van der Waals surface area contributed by atoms with Crippen molar-refractivity contribution in [3.05, 3.63) is 0 Å². The fourth-order valence-electron chi connectivity index (χ4n) is 1.48. The molecule has 0 fully saturated rings. The Morgan fingerprint density at radius 2 is 1.50 bits per heavy atom. The summed E-state index contributed by atoms with van der Waals surface area (Å²) in [6.07, 6.45) is 6.65. The fourth-order valence-corrected chi connectivity index (χ4v) is 2.80. The highest BCUT2D eigenvalue weighted by Crippen LogP contribution is 2.15. The Morgan fingerprint density at radius 3 is 2.00 bits per heavy atom. The average Bonchev–Trinajstić information content (AvgIpc) is 2.00. The Balaban J connectivity index is 3.11. The summed E-state index contributed by atoms with van der Waals surface area (Å²) in [5.74, 6) is -0.160. The summed E-state index contributed by atoms with van der Waals surface area (Å²) >= 11 is 0. The van der Waals surface area contributed by atoms with E-state index >= 15 is 0 Å². The molecule has 0 saturated carbocycles. The van der Waals surface area contributed by atoms with Gasteiger partial charge in [0.2, 0.25) is 5.91 Å². The lowest BCUT2D eigenvalue weighted by atomic mass is 10.1. The van der Waals surface area contributed by atoms with E-state index in [1.807, 2.05) is 0 Å². The summed E-state index contributed by atoms with van der Waals surface area (Å²) in [5, 5.41) is 0. The smallest absolute Gasteiger partial charge is 0.217 e. The van der Waals surface area contributed by atoms with Crippen LogP contribution in [0, 0.1) is 0 Å². The van der Waals surface area contributed by atoms with Crippen LogP contribution in [-0.4, -0.2) is 14.0 Å². The third-order valence-electron chi connectivity index (χ3n) is 2.35. The van der Waals surface area contributed by atoms with Crippen LogP contribution >= 0.6 is 0 Å². The number of amides is 1. The summed E-state index contributed by atoms with van der Waals surface area (Å²) in [7, 11) is -0.818. The van der Waals surface area contributed by atoms with Crippen molar-refractivity contribution in [1.29, 1.82) is 0 Å². The second-order valence-corrected chi connectivity index (χ2v) is 10.9. The summed E-state index contributed by atoms with van der Waals surface area (Å²) in [6, 6.07) is 1.43. The van der Waals surface area contributed by atoms with Gasteiger partial charge in [-0.15, -0.1) is 0 Å². The van der Waals surface area contributed by atoms with E-state index in [4.69, 9.17) is 5.73 Å². The maximum atomic E-state index is 10.4. The molecule has 1 amide bonds. The first-order valence-corrected chi connectivity index (χ1v) is 9.41. The third kappa shape index (κ3) is 11.7. The molecule has 84 valence electrons. The normalized spacial score (nSPS) is 11.6. The van der Waals surface area contributed by atoms with E-state index in [1.54, 1.807) is 0 Å². The second kappa shape index (κ2) is 7.04. The van der Waals surface area contributed by atoms with E-state index in [-0.39, 0.29) is 5.91 Å². The molecule has 0 rings (SSSR count). The molecule has 2 nitrogen and oxygen atoms in total. The van der Waals surface area contributed by atoms with Crippen LogP contribution in [0.1, 0.15) is 38.5 Å². The molecule has 0 aromatic rings. The molecule has 0 aromatic heterocycles. The molecule has 0 saturated heterocycles. The zero-order chi connectivity index (χ0) is 11.0. The Morgan fingerprint density at radius 1 is 1.00 bits per heavy atom. The fraction of sp³-hybridized carbons (Fsp3) is 0.909. The Bertz CT molecular complexity index is 163. The van der Waals surface area contributed by atoms with Crippen molar-refractivity contribution < 1.29 is 4.79 Å². The summed E-state index contributed by atoms with van der Waals surface area (Å²) < 4.78 is 0. The number of hydrogen-bond acceptors (Lipinski definition) is 1. The molecular formula is C11H25NOSi. The number of unbranched alkanes of at least 4 members (excludes halogenated alkanes) is 4. The van der Waals surface area contributed by atoms with Crippen LogP contribution in [0.15, 0.2) is 0 Å². The van der Waals surface area contributed by atoms with Gasteiger partial charge in [0.25, 0.3) is 0 Å². The van der Waals surface area contributed by atoms with E-state index < -0.39 is 8.07 Å². The van der Waals surface area contributed by atoms with E-state index in [1.165, 1.54) is 25.3 Å². The van der Waals surface area contributed by atoms with Gasteiger partial charge in [-0.05, 0) is 6.42 Å². The number of rotatable bonds is 8. The van der Waals surface area contributed by atoms with Gasteiger partial charge in [-0.25, -0.2) is 0 Å². The zero-order valence-corrected chi connectivity index (χ0v) is 10.9. The topological polar surface area (TPSA) is 43.1 Å². The SMILES string of the molecule is C[Si](C)(C)CCCCCCCC(N)=O. The van der Waals surface area contributed by atoms with Crippen molar-refractivity contribution in [2.24, 2.45) is 5.73 Å². The van der Waals surface area contributed by atoms with Crippen molar-refractivity contribution in [3.8, 4) is 0 Å². The van der Waals surface area contributed by atoms with Crippen LogP contribution < -0.4 is 5.73 Å². The van der Waals surface area contributed by atoms with Crippen molar-refractivity contribution in [2.45, 2.75) is 64.2 Å². The molecule has 0 aliphatic rings. The molecule has 0 heterocycles. The molecule has 0 aliphatic heterocycles. The van der Waals surface area contributed by atoms with E-state index in [0.29, 0.717) is 6.42 Å². The summed E-state index contributed by atoms with van der Waals surface area (Å²) in [6.45, 7) is 7.25. The molecule has 0 atom stereocenters. The number of carbonyl (C=O) groups is 1. The summed E-state index contributed by atoms with van der Waals surface area (Å²) in [5.41, 5.74) is 5.06. The highest BCUT2D eigenvalue weighted by atomic mass is 28.3. The minimum absolute atomic E-state index is 0.160. The monoisotopic (exact) mass is 215 g/mol. The first kappa shape index (κ1) is 13.7. The lowest BCUT2D eigenvalue weighted by Gasteiger charge is -2.14. The minimum Gasteiger partial charge on any atom is -0.370 e. The molecule has 0 unspecified atom stereocenters. The number of nitrogens with two attached hydrogens (primary N) is 1. The molecule has 0 radical (unpaired) electrons. The lowest BCUT2D eigenvalue weighted by molar-refractivity contribution is -0.118. The van der Waals surface area contributed by atoms with Crippen molar-refractivity contribution in [2.75, 3.05) is 0 Å². The molecule has 14 heavy (non-hydrogen) atoms. The van der Waals surface area contributed by atoms with Gasteiger partial charge in [-0.1, -0.05) is 51.4 Å². The molecule has 0 aromatic carbocycles. The zero-order valence-electron chi connectivity index (χ0n) is 9.94. The number of primary amides is 1. The van der Waals surface area contributed by atoms with E-state index in [0.717, 1.165) is 12.8 Å². The van der Waals surface area contributed by atoms with Crippen LogP contribution in [0.4, 0.5) is 0 Å². The summed E-state index contributed by atoms with van der Waals surface area (Å²) in [4.78, 5) is 10.4. The highest BCUT2D eigenvalue weighted by Gasteiger charge is 2.11. The standard InChI is InChI=1S/C11H25NOSi/c1-14(2,3)10-8-6-4-5-7-9-11(12)13/h4-10H2,1-3H3,(H2,12,13). The molecular weight excluding hydrogens is 190 g/mol. The quantitative estimate of drug-likeness (QED) is 0.490. The Kier molecular flexibility index (Phi) is 6.88. The maximum Gasteiger partial charge on any atom is 0.217 e. The van der Waals surface area contributed by atoms with Gasteiger partial charge in [-0.3, -0.25) is 4.79 Å².